The van der Waals surface area contributed by atoms with Gasteiger partial charge in [0.25, 0.3) is 0 Å². The summed E-state index contributed by atoms with van der Waals surface area (Å²) in [5.41, 5.74) is -0.917. The van der Waals surface area contributed by atoms with Crippen molar-refractivity contribution in [3.63, 3.8) is 0 Å². The van der Waals surface area contributed by atoms with E-state index in [1.807, 2.05) is 6.92 Å². The normalized spacial score (nSPS) is 33.3. The maximum atomic E-state index is 13.6. The lowest BCUT2D eigenvalue weighted by atomic mass is 9.65. The van der Waals surface area contributed by atoms with Gasteiger partial charge in [0, 0.05) is 0 Å². The highest BCUT2D eigenvalue weighted by molar-refractivity contribution is 7.86. The van der Waals surface area contributed by atoms with E-state index < -0.39 is 39.7 Å². The van der Waals surface area contributed by atoms with Crippen molar-refractivity contribution in [3.8, 4) is 0 Å². The van der Waals surface area contributed by atoms with Crippen LogP contribution in [0.5, 0.6) is 0 Å². The van der Waals surface area contributed by atoms with Gasteiger partial charge in [-0.15, -0.1) is 0 Å². The van der Waals surface area contributed by atoms with Crippen molar-refractivity contribution in [1.29, 1.82) is 0 Å². The van der Waals surface area contributed by atoms with E-state index in [-0.39, 0.29) is 11.8 Å². The average Bonchev–Trinajstić information content (AvgIpc) is 2.34. The zero-order chi connectivity index (χ0) is 18.4. The van der Waals surface area contributed by atoms with Crippen molar-refractivity contribution in [3.05, 3.63) is 0 Å². The lowest BCUT2D eigenvalue weighted by Crippen LogP contribution is -2.51. The molecule has 0 aromatic rings. The van der Waals surface area contributed by atoms with Crippen LogP contribution in [-0.4, -0.2) is 36.6 Å². The fourth-order valence-corrected chi connectivity index (χ4v) is 4.69. The fraction of sp³-hybridized carbons (Fsp3) is 1.00. The van der Waals surface area contributed by atoms with Crippen LogP contribution in [0.3, 0.4) is 0 Å². The number of halogens is 5. The Morgan fingerprint density at radius 1 is 1.25 bits per heavy atom. The van der Waals surface area contributed by atoms with Gasteiger partial charge in [-0.2, -0.15) is 30.4 Å². The highest BCUT2D eigenvalue weighted by Gasteiger charge is 2.63. The first-order valence-electron chi connectivity index (χ1n) is 7.82. The Balaban J connectivity index is 2.19. The molecule has 2 bridgehead atoms. The van der Waals surface area contributed by atoms with Gasteiger partial charge in [-0.05, 0) is 37.5 Å². The van der Waals surface area contributed by atoms with Crippen molar-refractivity contribution < 1.29 is 39.7 Å². The molecule has 2 saturated carbocycles. The highest BCUT2D eigenvalue weighted by atomic mass is 32.2. The van der Waals surface area contributed by atoms with E-state index in [2.05, 4.69) is 0 Å². The lowest BCUT2D eigenvalue weighted by molar-refractivity contribution is -0.248. The number of hydrogen-bond acceptors (Lipinski definition) is 3. The van der Waals surface area contributed by atoms with Gasteiger partial charge < -0.3 is 4.74 Å². The van der Waals surface area contributed by atoms with E-state index >= 15 is 0 Å². The first kappa shape index (κ1) is 19.8. The highest BCUT2D eigenvalue weighted by Crippen LogP contribution is 2.49. The predicted molar refractivity (Wildman–Crippen MR) is 75.1 cm³/mol. The van der Waals surface area contributed by atoms with Crippen LogP contribution in [0.25, 0.3) is 0 Å². The van der Waals surface area contributed by atoms with E-state index in [9.17, 15) is 30.4 Å². The van der Waals surface area contributed by atoms with Crippen molar-refractivity contribution in [2.45, 2.75) is 62.5 Å². The smallest absolute Gasteiger partial charge is 0.374 e. The zero-order valence-electron chi connectivity index (χ0n) is 13.2. The van der Waals surface area contributed by atoms with Gasteiger partial charge in [-0.25, -0.2) is 0 Å². The van der Waals surface area contributed by atoms with Gasteiger partial charge in [0.2, 0.25) is 0 Å². The Labute approximate surface area is 137 Å². The van der Waals surface area contributed by atoms with Gasteiger partial charge in [0.1, 0.15) is 0 Å². The van der Waals surface area contributed by atoms with E-state index in [1.54, 1.807) is 0 Å². The number of alkyl halides is 5. The van der Waals surface area contributed by atoms with E-state index in [0.717, 1.165) is 19.3 Å². The van der Waals surface area contributed by atoms with Gasteiger partial charge in [0.15, 0.2) is 5.92 Å². The van der Waals surface area contributed by atoms with E-state index in [1.165, 1.54) is 0 Å². The Morgan fingerprint density at radius 2 is 1.88 bits per heavy atom. The van der Waals surface area contributed by atoms with Crippen LogP contribution < -0.4 is 0 Å². The van der Waals surface area contributed by atoms with E-state index in [4.69, 9.17) is 9.29 Å². The molecule has 4 nitrogen and oxygen atoms in total. The molecule has 0 aromatic carbocycles. The molecule has 2 aliphatic rings. The van der Waals surface area contributed by atoms with Crippen LogP contribution in [-0.2, 0) is 14.9 Å². The first-order valence-corrected chi connectivity index (χ1v) is 9.26. The van der Waals surface area contributed by atoms with Crippen LogP contribution in [0.15, 0.2) is 0 Å². The van der Waals surface area contributed by atoms with Crippen LogP contribution in [0.4, 0.5) is 22.0 Å². The molecule has 1 N–H and O–H groups in total. The summed E-state index contributed by atoms with van der Waals surface area (Å²) in [5, 5.41) is -5.35. The van der Waals surface area contributed by atoms with E-state index in [0.29, 0.717) is 19.3 Å². The molecule has 2 fully saturated rings. The molecule has 0 radical (unpaired) electrons. The molecule has 0 heterocycles. The van der Waals surface area contributed by atoms with Crippen LogP contribution in [0.1, 0.15) is 45.4 Å². The number of ether oxygens (including phenoxy) is 1. The monoisotopic (exact) mass is 380 g/mol. The predicted octanol–water partition coefficient (Wildman–Crippen LogP) is 4.02. The number of rotatable bonds is 5. The Hall–Kier alpha value is -0.480. The summed E-state index contributed by atoms with van der Waals surface area (Å²) in [6.45, 7) is 0.444. The molecular weight excluding hydrogens is 359 g/mol. The third kappa shape index (κ3) is 4.01. The summed E-state index contributed by atoms with van der Waals surface area (Å²) in [5.74, 6) is -3.11. The summed E-state index contributed by atoms with van der Waals surface area (Å²) in [7, 11) is -6.21. The minimum atomic E-state index is -6.21. The topological polar surface area (TPSA) is 63.6 Å². The number of hydrogen-bond donors (Lipinski definition) is 1. The van der Waals surface area contributed by atoms with Crippen molar-refractivity contribution in [2.75, 3.05) is 6.61 Å². The molecule has 0 spiro atoms. The molecule has 0 aliphatic heterocycles. The van der Waals surface area contributed by atoms with Crippen LogP contribution >= 0.6 is 0 Å². The Morgan fingerprint density at radius 3 is 2.42 bits per heavy atom. The average molecular weight is 380 g/mol. The number of fused-ring (bicyclic) bond motifs is 2. The molecule has 10 heteroatoms. The molecule has 4 atom stereocenters. The third-order valence-electron chi connectivity index (χ3n) is 5.06. The lowest BCUT2D eigenvalue weighted by Gasteiger charge is -2.48. The van der Waals surface area contributed by atoms with Gasteiger partial charge in [-0.1, -0.05) is 19.8 Å². The summed E-state index contributed by atoms with van der Waals surface area (Å²) in [6, 6.07) is 0. The summed E-state index contributed by atoms with van der Waals surface area (Å²) in [4.78, 5) is 0. The third-order valence-corrected chi connectivity index (χ3v) is 6.03. The molecule has 0 saturated heterocycles. The second-order valence-corrected chi connectivity index (χ2v) is 8.63. The zero-order valence-corrected chi connectivity index (χ0v) is 14.0. The quantitative estimate of drug-likeness (QED) is 0.578. The van der Waals surface area contributed by atoms with Crippen molar-refractivity contribution in [2.24, 2.45) is 17.8 Å². The minimum absolute atomic E-state index is 0.204. The standard InChI is InChI=1S/C14H21F5O4S/c1-9-5-10-3-2-4-12(6-9,7-10)23-8-11(13(15,16)17)14(18,19)24(20,21)22/h9-11H,2-8H2,1H3,(H,20,21,22). The Bertz CT molecular complexity index is 558. The molecule has 2 rings (SSSR count). The second kappa shape index (κ2) is 6.35. The maximum absolute atomic E-state index is 13.6. The first-order chi connectivity index (χ1) is 10.8. The van der Waals surface area contributed by atoms with Crippen molar-refractivity contribution in [1.82, 2.24) is 0 Å². The maximum Gasteiger partial charge on any atom is 0.401 e. The largest absolute Gasteiger partial charge is 0.401 e. The second-order valence-electron chi connectivity index (χ2n) is 7.13. The van der Waals surface area contributed by atoms with Crippen molar-refractivity contribution >= 4 is 10.1 Å². The van der Waals surface area contributed by atoms with Gasteiger partial charge in [0.05, 0.1) is 12.2 Å². The van der Waals surface area contributed by atoms with Crippen LogP contribution in [0, 0.1) is 17.8 Å². The fourth-order valence-electron chi connectivity index (χ4n) is 4.13. The Kier molecular flexibility index (Phi) is 5.25. The molecule has 0 aromatic heterocycles. The molecular formula is C14H21F5O4S. The summed E-state index contributed by atoms with van der Waals surface area (Å²) >= 11 is 0. The molecule has 24 heavy (non-hydrogen) atoms. The van der Waals surface area contributed by atoms with Crippen LogP contribution in [0.2, 0.25) is 0 Å². The van der Waals surface area contributed by atoms with Gasteiger partial charge in [-0.3, -0.25) is 4.55 Å². The minimum Gasteiger partial charge on any atom is -0.374 e. The molecule has 0 amide bonds. The molecule has 2 aliphatic carbocycles. The van der Waals surface area contributed by atoms with Gasteiger partial charge >= 0.3 is 21.5 Å². The summed E-state index contributed by atoms with van der Waals surface area (Å²) in [6.07, 6.45) is -1.50. The summed E-state index contributed by atoms with van der Waals surface area (Å²) < 4.78 is 101. The molecule has 4 unspecified atom stereocenters. The molecule has 142 valence electrons. The SMILES string of the molecule is CC1CC2CCCC(OCC(C(F)(F)F)C(F)(F)S(=O)(=O)O)(C1)C2.